The standard InChI is InChI=1S/C13H15Cl2NO4S/c1-20-5-4-16(11-2-3-11)13(17)9-6-10(14)8-12(7-9)21(15,18)19/h6-8,11H,2-5H2,1H3. The van der Waals surface area contributed by atoms with Gasteiger partial charge < -0.3 is 9.64 Å². The van der Waals surface area contributed by atoms with E-state index in [1.165, 1.54) is 18.2 Å². The summed E-state index contributed by atoms with van der Waals surface area (Å²) in [6.07, 6.45) is 1.88. The van der Waals surface area contributed by atoms with Gasteiger partial charge in [-0.1, -0.05) is 11.6 Å². The minimum Gasteiger partial charge on any atom is -0.383 e. The average Bonchev–Trinajstić information content (AvgIpc) is 3.22. The smallest absolute Gasteiger partial charge is 0.261 e. The van der Waals surface area contributed by atoms with Crippen LogP contribution >= 0.6 is 22.3 Å². The van der Waals surface area contributed by atoms with Gasteiger partial charge in [-0.05, 0) is 31.0 Å². The molecular formula is C13H15Cl2NO4S. The highest BCUT2D eigenvalue weighted by Gasteiger charge is 2.33. The summed E-state index contributed by atoms with van der Waals surface area (Å²) in [5.41, 5.74) is 0.213. The molecule has 0 bridgehead atoms. The highest BCUT2D eigenvalue weighted by molar-refractivity contribution is 8.13. The Kier molecular flexibility index (Phi) is 5.14. The molecule has 0 aliphatic heterocycles. The number of ether oxygens (including phenoxy) is 1. The molecule has 0 radical (unpaired) electrons. The number of hydrogen-bond donors (Lipinski definition) is 0. The summed E-state index contributed by atoms with van der Waals surface area (Å²) in [7, 11) is 2.94. The molecule has 1 aliphatic carbocycles. The van der Waals surface area contributed by atoms with E-state index in [9.17, 15) is 13.2 Å². The van der Waals surface area contributed by atoms with Crippen molar-refractivity contribution in [1.82, 2.24) is 4.90 Å². The predicted octanol–water partition coefficient (Wildman–Crippen LogP) is 2.52. The highest BCUT2D eigenvalue weighted by Crippen LogP contribution is 2.29. The second-order valence-corrected chi connectivity index (χ2v) is 7.84. The molecule has 0 atom stereocenters. The van der Waals surface area contributed by atoms with E-state index in [-0.39, 0.29) is 27.4 Å². The fraction of sp³-hybridized carbons (Fsp3) is 0.462. The Morgan fingerprint density at radius 2 is 2.05 bits per heavy atom. The number of rotatable bonds is 6. The summed E-state index contributed by atoms with van der Waals surface area (Å²) in [6, 6.07) is 4.09. The monoisotopic (exact) mass is 351 g/mol. The van der Waals surface area contributed by atoms with Crippen LogP contribution in [0.1, 0.15) is 23.2 Å². The van der Waals surface area contributed by atoms with Gasteiger partial charge in [0.25, 0.3) is 15.0 Å². The molecule has 0 heterocycles. The molecule has 2 rings (SSSR count). The minimum atomic E-state index is -3.94. The molecule has 1 aromatic rings. The van der Waals surface area contributed by atoms with Gasteiger partial charge >= 0.3 is 0 Å². The third kappa shape index (κ3) is 4.32. The molecule has 1 saturated carbocycles. The van der Waals surface area contributed by atoms with Crippen LogP contribution in [0.2, 0.25) is 5.02 Å². The second-order valence-electron chi connectivity index (χ2n) is 4.84. The second kappa shape index (κ2) is 6.52. The number of halogens is 2. The van der Waals surface area contributed by atoms with Crippen LogP contribution in [-0.4, -0.2) is 45.5 Å². The van der Waals surface area contributed by atoms with E-state index in [4.69, 9.17) is 27.0 Å². The van der Waals surface area contributed by atoms with Crippen molar-refractivity contribution in [1.29, 1.82) is 0 Å². The zero-order valence-corrected chi connectivity index (χ0v) is 13.7. The van der Waals surface area contributed by atoms with Crippen molar-refractivity contribution in [2.45, 2.75) is 23.8 Å². The number of methoxy groups -OCH3 is 1. The lowest BCUT2D eigenvalue weighted by atomic mass is 10.2. The summed E-state index contributed by atoms with van der Waals surface area (Å²) in [6.45, 7) is 0.874. The zero-order chi connectivity index (χ0) is 15.6. The maximum atomic E-state index is 12.5. The van der Waals surface area contributed by atoms with Gasteiger partial charge in [0.05, 0.1) is 11.5 Å². The lowest BCUT2D eigenvalue weighted by Gasteiger charge is -2.22. The van der Waals surface area contributed by atoms with Crippen molar-refractivity contribution >= 4 is 37.2 Å². The topological polar surface area (TPSA) is 63.7 Å². The van der Waals surface area contributed by atoms with E-state index in [1.54, 1.807) is 12.0 Å². The molecule has 1 aliphatic rings. The van der Waals surface area contributed by atoms with Gasteiger partial charge in [-0.2, -0.15) is 0 Å². The predicted molar refractivity (Wildman–Crippen MR) is 80.4 cm³/mol. The molecular weight excluding hydrogens is 337 g/mol. The van der Waals surface area contributed by atoms with Gasteiger partial charge in [0.2, 0.25) is 0 Å². The summed E-state index contributed by atoms with van der Waals surface area (Å²) in [5, 5.41) is 0.155. The summed E-state index contributed by atoms with van der Waals surface area (Å²) in [4.78, 5) is 14.0. The fourth-order valence-electron chi connectivity index (χ4n) is 2.02. The quantitative estimate of drug-likeness (QED) is 0.738. The molecule has 0 spiro atoms. The van der Waals surface area contributed by atoms with Crippen molar-refractivity contribution in [3.05, 3.63) is 28.8 Å². The van der Waals surface area contributed by atoms with Crippen molar-refractivity contribution in [3.63, 3.8) is 0 Å². The average molecular weight is 352 g/mol. The zero-order valence-electron chi connectivity index (χ0n) is 11.4. The molecule has 116 valence electrons. The Morgan fingerprint density at radius 1 is 1.38 bits per heavy atom. The number of benzene rings is 1. The van der Waals surface area contributed by atoms with Crippen molar-refractivity contribution in [2.75, 3.05) is 20.3 Å². The maximum Gasteiger partial charge on any atom is 0.261 e. The Balaban J connectivity index is 2.31. The first-order chi connectivity index (χ1) is 9.82. The van der Waals surface area contributed by atoms with Crippen LogP contribution in [0, 0.1) is 0 Å². The lowest BCUT2D eigenvalue weighted by Crippen LogP contribution is -2.35. The van der Waals surface area contributed by atoms with Crippen molar-refractivity contribution in [3.8, 4) is 0 Å². The fourth-order valence-corrected chi connectivity index (χ4v) is 3.12. The number of amides is 1. The van der Waals surface area contributed by atoms with E-state index < -0.39 is 9.05 Å². The van der Waals surface area contributed by atoms with E-state index in [1.807, 2.05) is 0 Å². The van der Waals surface area contributed by atoms with E-state index in [2.05, 4.69) is 0 Å². The van der Waals surface area contributed by atoms with Crippen LogP contribution in [0.5, 0.6) is 0 Å². The van der Waals surface area contributed by atoms with Crippen LogP contribution < -0.4 is 0 Å². The van der Waals surface area contributed by atoms with Gasteiger partial charge in [0.15, 0.2) is 0 Å². The molecule has 1 amide bonds. The van der Waals surface area contributed by atoms with Gasteiger partial charge in [-0.3, -0.25) is 4.79 Å². The largest absolute Gasteiger partial charge is 0.383 e. The van der Waals surface area contributed by atoms with Crippen LogP contribution in [0.3, 0.4) is 0 Å². The van der Waals surface area contributed by atoms with Gasteiger partial charge in [0, 0.05) is 41.0 Å². The molecule has 21 heavy (non-hydrogen) atoms. The molecule has 0 unspecified atom stereocenters. The maximum absolute atomic E-state index is 12.5. The normalized spacial score (nSPS) is 15.0. The molecule has 8 heteroatoms. The lowest BCUT2D eigenvalue weighted by molar-refractivity contribution is 0.0680. The van der Waals surface area contributed by atoms with Crippen LogP contribution in [-0.2, 0) is 13.8 Å². The number of carbonyl (C=O) groups excluding carboxylic acids is 1. The Hall–Kier alpha value is -0.820. The Morgan fingerprint density at radius 3 is 2.57 bits per heavy atom. The molecule has 0 saturated heterocycles. The third-order valence-corrected chi connectivity index (χ3v) is 4.74. The Bertz CT molecular complexity index is 644. The Labute approximate surface area is 133 Å². The van der Waals surface area contributed by atoms with Crippen molar-refractivity contribution in [2.24, 2.45) is 0 Å². The van der Waals surface area contributed by atoms with E-state index in [0.717, 1.165) is 12.8 Å². The number of carbonyl (C=O) groups is 1. The molecule has 5 nitrogen and oxygen atoms in total. The van der Waals surface area contributed by atoms with Crippen molar-refractivity contribution < 1.29 is 17.9 Å². The summed E-state index contributed by atoms with van der Waals surface area (Å²) in [5.74, 6) is -0.265. The van der Waals surface area contributed by atoms with Crippen LogP contribution in [0.15, 0.2) is 23.1 Å². The first kappa shape index (κ1) is 16.5. The van der Waals surface area contributed by atoms with E-state index in [0.29, 0.717) is 13.2 Å². The molecule has 0 aromatic heterocycles. The van der Waals surface area contributed by atoms with Gasteiger partial charge in [-0.15, -0.1) is 0 Å². The SMILES string of the molecule is COCCN(C(=O)c1cc(Cl)cc(S(=O)(=O)Cl)c1)C1CC1. The molecule has 1 aromatic carbocycles. The number of nitrogens with zero attached hydrogens (tertiary/aromatic N) is 1. The first-order valence-electron chi connectivity index (χ1n) is 6.38. The van der Waals surface area contributed by atoms with Crippen LogP contribution in [0.25, 0.3) is 0 Å². The van der Waals surface area contributed by atoms with Gasteiger partial charge in [0.1, 0.15) is 0 Å². The first-order valence-corrected chi connectivity index (χ1v) is 9.07. The summed E-state index contributed by atoms with van der Waals surface area (Å²) < 4.78 is 27.8. The van der Waals surface area contributed by atoms with Crippen LogP contribution in [0.4, 0.5) is 0 Å². The number of hydrogen-bond acceptors (Lipinski definition) is 4. The minimum absolute atomic E-state index is 0.155. The summed E-state index contributed by atoms with van der Waals surface area (Å²) >= 11 is 5.89. The third-order valence-electron chi connectivity index (χ3n) is 3.18. The van der Waals surface area contributed by atoms with E-state index >= 15 is 0 Å². The van der Waals surface area contributed by atoms with Gasteiger partial charge in [-0.25, -0.2) is 8.42 Å². The highest BCUT2D eigenvalue weighted by atomic mass is 35.7. The molecule has 1 fully saturated rings. The molecule has 0 N–H and O–H groups in total.